The molecule has 6 rings (SSSR count). The van der Waals surface area contributed by atoms with Gasteiger partial charge in [0.25, 0.3) is 0 Å². The normalized spacial score (nSPS) is 46.1. The van der Waals surface area contributed by atoms with Gasteiger partial charge in [-0.2, -0.15) is 0 Å². The SMILES string of the molecule is CC(=O)NC1CCC(O)[C@H](O[C@@H]2OC(COCO)[C@@H](O)C(O[C@H]3OC(CO)[C@@H](O)C(O)C3O[C@H]3CC(O)[C@H](O[C@@H]4OC(C)C(O)C(O)C4O)C(CO)O3)C2O)C(CO)O[C@H]1O[C@@H]1C(CO)O[C@@H](NC(=O)CBr)C(NC(C)=O)C1O. The van der Waals surface area contributed by atoms with Crippen LogP contribution in [0.4, 0.5) is 0 Å². The first-order valence-corrected chi connectivity index (χ1v) is 26.6. The van der Waals surface area contributed by atoms with Crippen LogP contribution in [-0.4, -0.2) is 317 Å². The molecule has 34 heteroatoms. The Morgan fingerprint density at radius 1 is 0.494 bits per heavy atom. The molecular weight excluding hydrogens is 1140 g/mol. The van der Waals surface area contributed by atoms with Crippen LogP contribution in [0.2, 0.25) is 0 Å². The Balaban J connectivity index is 1.24. The summed E-state index contributed by atoms with van der Waals surface area (Å²) in [7, 11) is 0. The highest BCUT2D eigenvalue weighted by molar-refractivity contribution is 9.09. The summed E-state index contributed by atoms with van der Waals surface area (Å²) < 4.78 is 70.4. The van der Waals surface area contributed by atoms with Gasteiger partial charge in [0.15, 0.2) is 37.7 Å². The third-order valence-corrected chi connectivity index (χ3v) is 14.7. The van der Waals surface area contributed by atoms with Crippen molar-refractivity contribution in [3.8, 4) is 0 Å². The molecule has 6 saturated heterocycles. The summed E-state index contributed by atoms with van der Waals surface area (Å²) in [6.07, 6.45) is -47.1. The van der Waals surface area contributed by atoms with Crippen molar-refractivity contribution in [2.45, 2.75) is 218 Å². The van der Waals surface area contributed by atoms with Gasteiger partial charge >= 0.3 is 0 Å². The molecular formula is C45H76BrN3O30. The summed E-state index contributed by atoms with van der Waals surface area (Å²) in [6, 6.07) is -2.58. The lowest BCUT2D eigenvalue weighted by molar-refractivity contribution is -0.390. The van der Waals surface area contributed by atoms with Crippen LogP contribution >= 0.6 is 15.9 Å². The highest BCUT2D eigenvalue weighted by Crippen LogP contribution is 2.37. The topological polar surface area (TPSA) is 502 Å². The number of rotatable bonds is 21. The average Bonchev–Trinajstić information content (AvgIpc) is 3.46. The first-order valence-electron chi connectivity index (χ1n) is 25.5. The number of halogens is 1. The lowest BCUT2D eigenvalue weighted by atomic mass is 9.94. The molecule has 0 aromatic carbocycles. The second-order valence-electron chi connectivity index (χ2n) is 19.9. The van der Waals surface area contributed by atoms with E-state index in [0.717, 1.165) is 13.8 Å². The number of carbonyl (C=O) groups is 3. The molecule has 0 aromatic heterocycles. The Bertz CT molecular complexity index is 1910. The van der Waals surface area contributed by atoms with Crippen molar-refractivity contribution in [2.24, 2.45) is 0 Å². The number of alkyl halides is 1. The minimum absolute atomic E-state index is 0.191. The quantitative estimate of drug-likeness (QED) is 0.0375. The summed E-state index contributed by atoms with van der Waals surface area (Å²) >= 11 is 3.00. The van der Waals surface area contributed by atoms with E-state index in [2.05, 4.69) is 31.9 Å². The van der Waals surface area contributed by atoms with Crippen molar-refractivity contribution in [2.75, 3.05) is 45.2 Å². The predicted octanol–water partition coefficient (Wildman–Crippen LogP) is -10.5. The maximum atomic E-state index is 12.5. The molecule has 18 unspecified atom stereocenters. The number of nitrogens with one attached hydrogen (secondary N) is 3. The van der Waals surface area contributed by atoms with E-state index in [1.54, 1.807) is 0 Å². The Morgan fingerprint density at radius 3 is 1.66 bits per heavy atom. The number of aliphatic hydroxyl groups is 15. The maximum Gasteiger partial charge on any atom is 0.232 e. The lowest BCUT2D eigenvalue weighted by Crippen LogP contribution is -2.69. The molecule has 0 spiro atoms. The summed E-state index contributed by atoms with van der Waals surface area (Å²) in [6.45, 7) is -1.56. The van der Waals surface area contributed by atoms with Crippen molar-refractivity contribution in [1.82, 2.24) is 16.0 Å². The molecule has 79 heavy (non-hydrogen) atoms. The molecule has 29 atom stereocenters. The van der Waals surface area contributed by atoms with E-state index in [-0.39, 0.29) is 18.2 Å². The molecule has 0 radical (unpaired) electrons. The van der Waals surface area contributed by atoms with E-state index < -0.39 is 242 Å². The van der Waals surface area contributed by atoms with Crippen LogP contribution in [0, 0.1) is 0 Å². The zero-order valence-electron chi connectivity index (χ0n) is 43.0. The summed E-state index contributed by atoms with van der Waals surface area (Å²) in [5, 5.41) is 170. The van der Waals surface area contributed by atoms with Gasteiger partial charge in [-0.25, -0.2) is 0 Å². The lowest BCUT2D eigenvalue weighted by Gasteiger charge is -2.49. The molecule has 458 valence electrons. The minimum Gasteiger partial charge on any atom is -0.394 e. The maximum absolute atomic E-state index is 12.5. The van der Waals surface area contributed by atoms with Gasteiger partial charge < -0.3 is 149 Å². The highest BCUT2D eigenvalue weighted by Gasteiger charge is 2.56. The van der Waals surface area contributed by atoms with Crippen LogP contribution < -0.4 is 16.0 Å². The molecule has 0 aromatic rings. The first kappa shape index (κ1) is 66.0. The summed E-state index contributed by atoms with van der Waals surface area (Å²) in [5.74, 6) is -1.90. The third kappa shape index (κ3) is 16.0. The summed E-state index contributed by atoms with van der Waals surface area (Å²) in [5.41, 5.74) is 0. The molecule has 6 aliphatic heterocycles. The fourth-order valence-corrected chi connectivity index (χ4v) is 10.3. The smallest absolute Gasteiger partial charge is 0.232 e. The van der Waals surface area contributed by atoms with Crippen molar-refractivity contribution >= 4 is 33.7 Å². The fourth-order valence-electron chi connectivity index (χ4n) is 10.1. The highest BCUT2D eigenvalue weighted by atomic mass is 79.9. The second-order valence-corrected chi connectivity index (χ2v) is 20.4. The molecule has 18 N–H and O–H groups in total. The number of carbonyl (C=O) groups excluding carboxylic acids is 3. The van der Waals surface area contributed by atoms with E-state index in [4.69, 9.17) is 56.8 Å². The van der Waals surface area contributed by atoms with Crippen molar-refractivity contribution in [1.29, 1.82) is 0 Å². The molecule has 0 aliphatic carbocycles. The molecule has 0 bridgehead atoms. The van der Waals surface area contributed by atoms with Crippen LogP contribution in [0.1, 0.15) is 40.0 Å². The van der Waals surface area contributed by atoms with Gasteiger partial charge in [-0.1, -0.05) is 15.9 Å². The van der Waals surface area contributed by atoms with E-state index >= 15 is 0 Å². The minimum atomic E-state index is -2.18. The number of hydrogen-bond acceptors (Lipinski definition) is 30. The molecule has 33 nitrogen and oxygen atoms in total. The standard InChI is InChI=1S/C45H76BrN3O30/c1-14-28(60)32(64)34(66)43(69-14)77-37-19(58)6-26(70-21(37)9-51)75-40-33(65)29(61)20(8-50)72-45(40)79-39-30(62)24(12-68-13-54)74-44(35(39)67)76-36-18(57)5-4-17(47-15(2)55)42(73-22(36)10-52)78-38-23(11-53)71-41(49-25(59)7-46)27(31(38)63)48-16(3)56/h14,17-24,26-45,50-54,57-58,60-67H,4-13H2,1-3H3,(H,47,55)(H,48,56)(H,49,59)/t14?,17?,18?,19?,20?,21?,22?,23?,24?,26-,27?,28?,29+,30+,31?,32?,33?,34?,35?,36-,37-,38+,39?,40?,41+,42-,43-,44-,45+/m0/s1. The molecule has 6 aliphatic rings. The van der Waals surface area contributed by atoms with Gasteiger partial charge in [-0.3, -0.25) is 14.4 Å². The van der Waals surface area contributed by atoms with Crippen molar-refractivity contribution < 1.29 is 148 Å². The first-order chi connectivity index (χ1) is 37.5. The number of amides is 3. The molecule has 6 fully saturated rings. The zero-order valence-corrected chi connectivity index (χ0v) is 44.6. The third-order valence-electron chi connectivity index (χ3n) is 14.2. The van der Waals surface area contributed by atoms with E-state index in [1.807, 2.05) is 0 Å². The molecule has 6 heterocycles. The van der Waals surface area contributed by atoms with Gasteiger partial charge in [0.05, 0.1) is 62.7 Å². The molecule has 0 saturated carbocycles. The van der Waals surface area contributed by atoms with Crippen molar-refractivity contribution in [3.05, 3.63) is 0 Å². The molecule has 3 amide bonds. The van der Waals surface area contributed by atoms with Crippen LogP contribution in [0.3, 0.4) is 0 Å². The fraction of sp³-hybridized carbons (Fsp3) is 0.933. The average molecular weight is 1220 g/mol. The Hall–Kier alpha value is -2.19. The van der Waals surface area contributed by atoms with Gasteiger partial charge in [-0.05, 0) is 19.8 Å². The Kier molecular flexibility index (Phi) is 25.1. The van der Waals surface area contributed by atoms with Crippen LogP contribution in [0.15, 0.2) is 0 Å². The van der Waals surface area contributed by atoms with Crippen LogP contribution in [0.5, 0.6) is 0 Å². The second kappa shape index (κ2) is 30.1. The van der Waals surface area contributed by atoms with E-state index in [0.29, 0.717) is 0 Å². The van der Waals surface area contributed by atoms with Gasteiger partial charge in [0.2, 0.25) is 17.7 Å². The summed E-state index contributed by atoms with van der Waals surface area (Å²) in [4.78, 5) is 37.2. The van der Waals surface area contributed by atoms with Crippen LogP contribution in [-0.2, 0) is 71.2 Å². The number of ether oxygens (including phenoxy) is 12. The van der Waals surface area contributed by atoms with E-state index in [1.165, 1.54) is 6.92 Å². The van der Waals surface area contributed by atoms with Gasteiger partial charge in [0.1, 0.15) is 123 Å². The van der Waals surface area contributed by atoms with Gasteiger partial charge in [-0.15, -0.1) is 0 Å². The predicted molar refractivity (Wildman–Crippen MR) is 254 cm³/mol. The monoisotopic (exact) mass is 1220 g/mol. The number of hydrogen-bond donors (Lipinski definition) is 18. The van der Waals surface area contributed by atoms with Gasteiger partial charge in [0, 0.05) is 20.3 Å². The Labute approximate surface area is 459 Å². The van der Waals surface area contributed by atoms with E-state index in [9.17, 15) is 91.0 Å². The Morgan fingerprint density at radius 2 is 1.05 bits per heavy atom. The van der Waals surface area contributed by atoms with Crippen LogP contribution in [0.25, 0.3) is 0 Å². The number of aliphatic hydroxyl groups excluding tert-OH is 15. The largest absolute Gasteiger partial charge is 0.394 e. The zero-order chi connectivity index (χ0) is 58.2. The van der Waals surface area contributed by atoms with Crippen molar-refractivity contribution in [3.63, 3.8) is 0 Å².